The largest absolute Gasteiger partial charge is 0.264 e. The minimum absolute atomic E-state index is 0.0308. The van der Waals surface area contributed by atoms with Gasteiger partial charge in [0, 0.05) is 5.02 Å². The zero-order valence-corrected chi connectivity index (χ0v) is 16.7. The van der Waals surface area contributed by atoms with Crippen molar-refractivity contribution in [2.75, 3.05) is 4.72 Å². The molecule has 0 bridgehead atoms. The van der Waals surface area contributed by atoms with Gasteiger partial charge in [-0.2, -0.15) is 4.98 Å². The van der Waals surface area contributed by atoms with Crippen LogP contribution >= 0.6 is 11.6 Å². The molecule has 0 aliphatic rings. The number of nitrogens with zero attached hydrogens (tertiary/aromatic N) is 3. The summed E-state index contributed by atoms with van der Waals surface area (Å²) in [6.07, 6.45) is 2.38. The smallest absolute Gasteiger partial charge is 0.246 e. The van der Waals surface area contributed by atoms with Gasteiger partial charge >= 0.3 is 0 Å². The second-order valence-corrected chi connectivity index (χ2v) is 8.86. The van der Waals surface area contributed by atoms with Gasteiger partial charge in [-0.15, -0.1) is 5.10 Å². The fraction of sp³-hybridized carbons (Fsp3) is 0.263. The maximum atomic E-state index is 12.5. The maximum absolute atomic E-state index is 12.5. The lowest BCUT2D eigenvalue weighted by molar-refractivity contribution is 0.600. The van der Waals surface area contributed by atoms with Crippen molar-refractivity contribution in [2.24, 2.45) is 5.92 Å². The summed E-state index contributed by atoms with van der Waals surface area (Å²) >= 11 is 5.97. The molecule has 1 N–H and O–H groups in total. The number of halogens is 1. The average molecular weight is 405 g/mol. The van der Waals surface area contributed by atoms with E-state index in [1.165, 1.54) is 6.33 Å². The first kappa shape index (κ1) is 19.4. The number of nitrogens with one attached hydrogen (secondary N) is 1. The van der Waals surface area contributed by atoms with Crippen molar-refractivity contribution in [1.82, 2.24) is 14.8 Å². The van der Waals surface area contributed by atoms with Crippen LogP contribution in [0.1, 0.15) is 25.0 Å². The normalized spacial score (nSPS) is 11.7. The fourth-order valence-corrected chi connectivity index (χ4v) is 3.85. The van der Waals surface area contributed by atoms with Crippen LogP contribution in [-0.4, -0.2) is 23.2 Å². The quantitative estimate of drug-likeness (QED) is 0.646. The van der Waals surface area contributed by atoms with E-state index in [-0.39, 0.29) is 10.8 Å². The van der Waals surface area contributed by atoms with Crippen LogP contribution in [0.15, 0.2) is 59.8 Å². The summed E-state index contributed by atoms with van der Waals surface area (Å²) < 4.78 is 29.0. The highest BCUT2D eigenvalue weighted by Gasteiger charge is 2.16. The molecule has 8 heteroatoms. The first-order chi connectivity index (χ1) is 12.8. The first-order valence-corrected chi connectivity index (χ1v) is 10.4. The predicted molar refractivity (Wildman–Crippen MR) is 106 cm³/mol. The number of hydrogen-bond acceptors (Lipinski definition) is 4. The van der Waals surface area contributed by atoms with E-state index < -0.39 is 10.0 Å². The van der Waals surface area contributed by atoms with Crippen molar-refractivity contribution in [1.29, 1.82) is 0 Å². The van der Waals surface area contributed by atoms with Crippen LogP contribution in [0.3, 0.4) is 0 Å². The van der Waals surface area contributed by atoms with Gasteiger partial charge in [-0.1, -0.05) is 49.7 Å². The molecule has 0 aliphatic heterocycles. The highest BCUT2D eigenvalue weighted by Crippen LogP contribution is 2.16. The lowest BCUT2D eigenvalue weighted by atomic mass is 10.0. The Balaban J connectivity index is 1.70. The Labute approximate surface area is 164 Å². The molecule has 142 valence electrons. The third-order valence-corrected chi connectivity index (χ3v) is 5.45. The number of rotatable bonds is 7. The predicted octanol–water partition coefficient (Wildman–Crippen LogP) is 3.98. The Hall–Kier alpha value is -2.38. The van der Waals surface area contributed by atoms with Crippen molar-refractivity contribution >= 4 is 27.6 Å². The summed E-state index contributed by atoms with van der Waals surface area (Å²) in [4.78, 5) is 4.21. The summed E-state index contributed by atoms with van der Waals surface area (Å²) in [6.45, 7) is 4.69. The molecular weight excluding hydrogens is 384 g/mol. The Morgan fingerprint density at radius 1 is 1.11 bits per heavy atom. The van der Waals surface area contributed by atoms with Crippen LogP contribution in [0, 0.1) is 5.92 Å². The summed E-state index contributed by atoms with van der Waals surface area (Å²) in [6, 6.07) is 14.2. The molecule has 0 spiro atoms. The van der Waals surface area contributed by atoms with Crippen LogP contribution in [0.2, 0.25) is 5.02 Å². The van der Waals surface area contributed by atoms with E-state index in [1.807, 2.05) is 30.3 Å². The molecule has 27 heavy (non-hydrogen) atoms. The second kappa shape index (κ2) is 8.10. The van der Waals surface area contributed by atoms with Gasteiger partial charge in [0.15, 0.2) is 0 Å². The number of hydrogen-bond donors (Lipinski definition) is 1. The van der Waals surface area contributed by atoms with Crippen molar-refractivity contribution < 1.29 is 8.42 Å². The third-order valence-electron chi connectivity index (χ3n) is 3.87. The highest BCUT2D eigenvalue weighted by atomic mass is 35.5. The molecule has 0 radical (unpaired) electrons. The van der Waals surface area contributed by atoms with E-state index in [2.05, 4.69) is 28.7 Å². The molecule has 0 amide bonds. The van der Waals surface area contributed by atoms with E-state index >= 15 is 0 Å². The molecule has 3 rings (SSSR count). The Morgan fingerprint density at radius 2 is 1.85 bits per heavy atom. The van der Waals surface area contributed by atoms with Gasteiger partial charge in [0.1, 0.15) is 6.33 Å². The minimum Gasteiger partial charge on any atom is -0.246 e. The lowest BCUT2D eigenvalue weighted by Crippen LogP contribution is -2.14. The van der Waals surface area contributed by atoms with Gasteiger partial charge in [-0.3, -0.25) is 0 Å². The molecular formula is C19H21ClN4O2S. The summed E-state index contributed by atoms with van der Waals surface area (Å²) in [5.41, 5.74) is 2.05. The van der Waals surface area contributed by atoms with E-state index in [4.69, 9.17) is 11.6 Å². The molecule has 2 aromatic carbocycles. The number of aromatic nitrogens is 3. The third kappa shape index (κ3) is 5.30. The second-order valence-electron chi connectivity index (χ2n) is 6.74. The summed E-state index contributed by atoms with van der Waals surface area (Å²) in [5.74, 6) is 0.543. The molecule has 1 heterocycles. The van der Waals surface area contributed by atoms with Gasteiger partial charge in [0.2, 0.25) is 0 Å². The van der Waals surface area contributed by atoms with E-state index in [1.54, 1.807) is 22.9 Å². The lowest BCUT2D eigenvalue weighted by Gasteiger charge is -2.07. The number of anilines is 1. The monoisotopic (exact) mass is 404 g/mol. The molecule has 0 saturated heterocycles. The van der Waals surface area contributed by atoms with Crippen LogP contribution in [0.4, 0.5) is 5.95 Å². The molecule has 0 fully saturated rings. The molecule has 3 aromatic rings. The standard InChI is InChI=1S/C19H21ClN4O2S/c1-14(2)10-15-6-8-18(9-7-15)27(25,26)23-19-21-13-24(22-19)12-16-4-3-5-17(20)11-16/h3-9,11,13-14H,10,12H2,1-2H3,(H,22,23). The van der Waals surface area contributed by atoms with Crippen molar-refractivity contribution in [2.45, 2.75) is 31.7 Å². The zero-order chi connectivity index (χ0) is 19.4. The van der Waals surface area contributed by atoms with E-state index in [0.717, 1.165) is 17.5 Å². The maximum Gasteiger partial charge on any atom is 0.264 e. The highest BCUT2D eigenvalue weighted by molar-refractivity contribution is 7.92. The Bertz CT molecular complexity index is 1010. The van der Waals surface area contributed by atoms with Crippen LogP contribution in [0.5, 0.6) is 0 Å². The zero-order valence-electron chi connectivity index (χ0n) is 15.1. The first-order valence-electron chi connectivity index (χ1n) is 8.57. The molecule has 0 unspecified atom stereocenters. The SMILES string of the molecule is CC(C)Cc1ccc(S(=O)(=O)Nc2ncn(Cc3cccc(Cl)c3)n2)cc1. The van der Waals surface area contributed by atoms with Crippen LogP contribution in [0.25, 0.3) is 0 Å². The van der Waals surface area contributed by atoms with Crippen LogP contribution < -0.4 is 4.72 Å². The molecule has 0 atom stereocenters. The van der Waals surface area contributed by atoms with Crippen molar-refractivity contribution in [3.05, 3.63) is 71.0 Å². The van der Waals surface area contributed by atoms with Crippen molar-refractivity contribution in [3.8, 4) is 0 Å². The molecule has 1 aromatic heterocycles. The van der Waals surface area contributed by atoms with Gasteiger partial charge in [-0.25, -0.2) is 17.8 Å². The number of benzene rings is 2. The summed E-state index contributed by atoms with van der Waals surface area (Å²) in [5, 5.41) is 4.81. The minimum atomic E-state index is -3.73. The van der Waals surface area contributed by atoms with E-state index in [0.29, 0.717) is 17.5 Å². The van der Waals surface area contributed by atoms with E-state index in [9.17, 15) is 8.42 Å². The Kier molecular flexibility index (Phi) is 5.82. The van der Waals surface area contributed by atoms with Gasteiger partial charge in [-0.05, 0) is 47.7 Å². The van der Waals surface area contributed by atoms with Gasteiger partial charge in [0.25, 0.3) is 16.0 Å². The van der Waals surface area contributed by atoms with Gasteiger partial charge in [0.05, 0.1) is 11.4 Å². The number of sulfonamides is 1. The average Bonchev–Trinajstić information content (AvgIpc) is 3.01. The van der Waals surface area contributed by atoms with Crippen LogP contribution in [-0.2, 0) is 23.0 Å². The molecule has 6 nitrogen and oxygen atoms in total. The Morgan fingerprint density at radius 3 is 2.52 bits per heavy atom. The molecule has 0 aliphatic carbocycles. The molecule has 0 saturated carbocycles. The van der Waals surface area contributed by atoms with Crippen molar-refractivity contribution in [3.63, 3.8) is 0 Å². The summed E-state index contributed by atoms with van der Waals surface area (Å²) in [7, 11) is -3.73. The topological polar surface area (TPSA) is 76.9 Å². The van der Waals surface area contributed by atoms with Gasteiger partial charge < -0.3 is 0 Å². The fourth-order valence-electron chi connectivity index (χ4n) is 2.70.